The van der Waals surface area contributed by atoms with E-state index in [9.17, 15) is 0 Å². The van der Waals surface area contributed by atoms with Crippen LogP contribution in [0, 0.1) is 0 Å². The molecule has 0 saturated heterocycles. The van der Waals surface area contributed by atoms with Gasteiger partial charge in [-0.1, -0.05) is 0 Å². The second-order valence-corrected chi connectivity index (χ2v) is 2.60. The van der Waals surface area contributed by atoms with E-state index in [1.165, 1.54) is 0 Å². The highest BCUT2D eigenvalue weighted by molar-refractivity contribution is 4.77. The van der Waals surface area contributed by atoms with Crippen molar-refractivity contribution in [3.8, 4) is 0 Å². The van der Waals surface area contributed by atoms with E-state index in [-0.39, 0.29) is 0 Å². The van der Waals surface area contributed by atoms with Gasteiger partial charge < -0.3 is 15.3 Å². The van der Waals surface area contributed by atoms with Crippen LogP contribution in [0.15, 0.2) is 0 Å². The van der Waals surface area contributed by atoms with Gasteiger partial charge in [-0.25, -0.2) is 0 Å². The summed E-state index contributed by atoms with van der Waals surface area (Å²) >= 11 is 0. The van der Waals surface area contributed by atoms with Crippen LogP contribution in [0.25, 0.3) is 0 Å². The molecule has 3 atom stereocenters. The lowest BCUT2D eigenvalue weighted by Crippen LogP contribution is -2.35. The highest BCUT2D eigenvalue weighted by Crippen LogP contribution is 2.18. The van der Waals surface area contributed by atoms with E-state index >= 15 is 0 Å². The Kier molecular flexibility index (Phi) is 2.05. The van der Waals surface area contributed by atoms with Crippen LogP contribution < -0.4 is 0 Å². The highest BCUT2D eigenvalue weighted by Gasteiger charge is 2.25. The summed E-state index contributed by atoms with van der Waals surface area (Å²) in [6.45, 7) is 0. The standard InChI is InChI=1S/C6H12O3/c7-4-1-2-5(8)6(9)3-4/h4-9H,1-3H2/t4?,5-,6-/m1/s1. The van der Waals surface area contributed by atoms with E-state index in [0.29, 0.717) is 19.3 Å². The minimum absolute atomic E-state index is 0.321. The molecule has 0 amide bonds. The maximum absolute atomic E-state index is 8.94. The first-order valence-corrected chi connectivity index (χ1v) is 3.24. The molecule has 1 saturated carbocycles. The Hall–Kier alpha value is -0.120. The summed E-state index contributed by atoms with van der Waals surface area (Å²) in [6.07, 6.45) is -0.299. The van der Waals surface area contributed by atoms with Crippen molar-refractivity contribution in [2.45, 2.75) is 37.6 Å². The van der Waals surface area contributed by atoms with Gasteiger partial charge >= 0.3 is 0 Å². The predicted molar refractivity (Wildman–Crippen MR) is 31.9 cm³/mol. The lowest BCUT2D eigenvalue weighted by atomic mass is 9.93. The molecule has 1 aliphatic rings. The largest absolute Gasteiger partial charge is 0.393 e. The number of hydrogen-bond donors (Lipinski definition) is 3. The molecule has 0 bridgehead atoms. The van der Waals surface area contributed by atoms with Crippen molar-refractivity contribution in [1.29, 1.82) is 0 Å². The first-order valence-electron chi connectivity index (χ1n) is 3.24. The molecule has 0 aromatic rings. The van der Waals surface area contributed by atoms with Crippen LogP contribution in [0.3, 0.4) is 0 Å². The normalized spacial score (nSPS) is 45.0. The molecule has 0 aliphatic heterocycles. The maximum atomic E-state index is 8.94. The third kappa shape index (κ3) is 1.64. The Balaban J connectivity index is 2.35. The third-order valence-corrected chi connectivity index (χ3v) is 1.75. The number of hydrogen-bond acceptors (Lipinski definition) is 3. The molecule has 0 heterocycles. The number of rotatable bonds is 0. The third-order valence-electron chi connectivity index (χ3n) is 1.75. The van der Waals surface area contributed by atoms with Crippen molar-refractivity contribution < 1.29 is 15.3 Å². The zero-order valence-electron chi connectivity index (χ0n) is 5.20. The highest BCUT2D eigenvalue weighted by atomic mass is 16.3. The fourth-order valence-electron chi connectivity index (χ4n) is 1.11. The smallest absolute Gasteiger partial charge is 0.0823 e. The van der Waals surface area contributed by atoms with Gasteiger partial charge in [-0.15, -0.1) is 0 Å². The number of aliphatic hydroxyl groups is 3. The van der Waals surface area contributed by atoms with E-state index in [2.05, 4.69) is 0 Å². The molecule has 1 aliphatic carbocycles. The molecule has 1 fully saturated rings. The van der Waals surface area contributed by atoms with Gasteiger partial charge in [-0.3, -0.25) is 0 Å². The first-order chi connectivity index (χ1) is 4.20. The van der Waals surface area contributed by atoms with E-state index in [0.717, 1.165) is 0 Å². The molecule has 54 valence electrons. The monoisotopic (exact) mass is 132 g/mol. The molecular weight excluding hydrogens is 120 g/mol. The van der Waals surface area contributed by atoms with Gasteiger partial charge in [0.2, 0.25) is 0 Å². The average molecular weight is 132 g/mol. The van der Waals surface area contributed by atoms with Crippen molar-refractivity contribution in [3.63, 3.8) is 0 Å². The van der Waals surface area contributed by atoms with Gasteiger partial charge in [0.15, 0.2) is 0 Å². The first kappa shape index (κ1) is 6.99. The summed E-state index contributed by atoms with van der Waals surface area (Å²) in [4.78, 5) is 0. The zero-order valence-corrected chi connectivity index (χ0v) is 5.20. The summed E-state index contributed by atoms with van der Waals surface area (Å²) in [5.74, 6) is 0. The molecule has 0 radical (unpaired) electrons. The molecule has 0 aromatic carbocycles. The minimum Gasteiger partial charge on any atom is -0.393 e. The second kappa shape index (κ2) is 2.64. The molecule has 0 spiro atoms. The van der Waals surface area contributed by atoms with Crippen LogP contribution in [0.1, 0.15) is 19.3 Å². The SMILES string of the molecule is OC1CC[C@@H](O)[C@H](O)C1. The fraction of sp³-hybridized carbons (Fsp3) is 1.00. The molecule has 1 rings (SSSR count). The summed E-state index contributed by atoms with van der Waals surface area (Å²) in [7, 11) is 0. The summed E-state index contributed by atoms with van der Waals surface area (Å²) in [5, 5.41) is 26.8. The van der Waals surface area contributed by atoms with Crippen molar-refractivity contribution in [2.24, 2.45) is 0 Å². The second-order valence-electron chi connectivity index (χ2n) is 2.60. The quantitative estimate of drug-likeness (QED) is 0.406. The van der Waals surface area contributed by atoms with E-state index in [1.54, 1.807) is 0 Å². The van der Waals surface area contributed by atoms with E-state index in [1.807, 2.05) is 0 Å². The van der Waals surface area contributed by atoms with Crippen LogP contribution in [0.4, 0.5) is 0 Å². The van der Waals surface area contributed by atoms with Gasteiger partial charge in [0.1, 0.15) is 0 Å². The molecule has 1 unspecified atom stereocenters. The zero-order chi connectivity index (χ0) is 6.85. The van der Waals surface area contributed by atoms with Crippen LogP contribution in [0.5, 0.6) is 0 Å². The fourth-order valence-corrected chi connectivity index (χ4v) is 1.11. The van der Waals surface area contributed by atoms with E-state index < -0.39 is 18.3 Å². The topological polar surface area (TPSA) is 60.7 Å². The molecule has 9 heavy (non-hydrogen) atoms. The van der Waals surface area contributed by atoms with Crippen LogP contribution in [-0.4, -0.2) is 33.6 Å². The number of aliphatic hydroxyl groups excluding tert-OH is 3. The Morgan fingerprint density at radius 2 is 1.56 bits per heavy atom. The Morgan fingerprint density at radius 1 is 0.889 bits per heavy atom. The van der Waals surface area contributed by atoms with Crippen molar-refractivity contribution in [3.05, 3.63) is 0 Å². The molecule has 3 N–H and O–H groups in total. The van der Waals surface area contributed by atoms with Gasteiger partial charge in [-0.05, 0) is 12.8 Å². The lowest BCUT2D eigenvalue weighted by Gasteiger charge is -2.26. The van der Waals surface area contributed by atoms with Gasteiger partial charge in [0.25, 0.3) is 0 Å². The molecule has 0 aromatic heterocycles. The molecule has 3 heteroatoms. The summed E-state index contributed by atoms with van der Waals surface area (Å²) in [5.41, 5.74) is 0. The van der Waals surface area contributed by atoms with Crippen LogP contribution in [-0.2, 0) is 0 Å². The maximum Gasteiger partial charge on any atom is 0.0823 e. The van der Waals surface area contributed by atoms with Crippen molar-refractivity contribution in [1.82, 2.24) is 0 Å². The Bertz CT molecular complexity index is 94.3. The Labute approximate surface area is 53.9 Å². The lowest BCUT2D eigenvalue weighted by molar-refractivity contribution is -0.0494. The molecule has 3 nitrogen and oxygen atoms in total. The molecular formula is C6H12O3. The average Bonchev–Trinajstić information content (AvgIpc) is 1.80. The summed E-state index contributed by atoms with van der Waals surface area (Å²) in [6, 6.07) is 0. The minimum atomic E-state index is -0.714. The van der Waals surface area contributed by atoms with E-state index in [4.69, 9.17) is 15.3 Å². The van der Waals surface area contributed by atoms with Gasteiger partial charge in [0, 0.05) is 6.42 Å². The van der Waals surface area contributed by atoms with Crippen molar-refractivity contribution in [2.75, 3.05) is 0 Å². The Morgan fingerprint density at radius 3 is 2.00 bits per heavy atom. The van der Waals surface area contributed by atoms with Gasteiger partial charge in [0.05, 0.1) is 18.3 Å². The van der Waals surface area contributed by atoms with Crippen LogP contribution in [0.2, 0.25) is 0 Å². The summed E-state index contributed by atoms with van der Waals surface area (Å²) < 4.78 is 0. The predicted octanol–water partition coefficient (Wildman–Crippen LogP) is -0.747. The van der Waals surface area contributed by atoms with Gasteiger partial charge in [-0.2, -0.15) is 0 Å². The van der Waals surface area contributed by atoms with Crippen molar-refractivity contribution >= 4 is 0 Å². The van der Waals surface area contributed by atoms with Crippen LogP contribution >= 0.6 is 0 Å².